The zero-order valence-electron chi connectivity index (χ0n) is 10.0. The molecule has 94 valence electrons. The summed E-state index contributed by atoms with van der Waals surface area (Å²) in [6.45, 7) is 2.88. The SMILES string of the molecule is CC1(c2cc(S(C)(=O)=O)ccc2O)CCCN1. The van der Waals surface area contributed by atoms with Crippen LogP contribution in [0.5, 0.6) is 5.75 Å². The molecule has 0 saturated carbocycles. The van der Waals surface area contributed by atoms with E-state index >= 15 is 0 Å². The van der Waals surface area contributed by atoms with Gasteiger partial charge < -0.3 is 10.4 Å². The number of aromatic hydroxyl groups is 1. The highest BCUT2D eigenvalue weighted by molar-refractivity contribution is 7.90. The molecule has 1 aromatic rings. The molecule has 0 aliphatic carbocycles. The van der Waals surface area contributed by atoms with Gasteiger partial charge in [0.1, 0.15) is 5.75 Å². The molecule has 2 N–H and O–H groups in total. The quantitative estimate of drug-likeness (QED) is 0.838. The van der Waals surface area contributed by atoms with Crippen LogP contribution >= 0.6 is 0 Å². The summed E-state index contributed by atoms with van der Waals surface area (Å²) in [6.07, 6.45) is 3.10. The minimum absolute atomic E-state index is 0.148. The molecule has 1 atom stereocenters. The van der Waals surface area contributed by atoms with Gasteiger partial charge in [-0.15, -0.1) is 0 Å². The molecule has 0 aromatic heterocycles. The van der Waals surface area contributed by atoms with Gasteiger partial charge in [0, 0.05) is 17.4 Å². The van der Waals surface area contributed by atoms with Gasteiger partial charge in [-0.25, -0.2) is 8.42 Å². The van der Waals surface area contributed by atoms with E-state index in [1.807, 2.05) is 6.92 Å². The third kappa shape index (κ3) is 2.30. The van der Waals surface area contributed by atoms with E-state index in [9.17, 15) is 13.5 Å². The first-order chi connectivity index (χ1) is 7.83. The Morgan fingerprint density at radius 3 is 2.65 bits per heavy atom. The topological polar surface area (TPSA) is 66.4 Å². The van der Waals surface area contributed by atoms with Crippen LogP contribution < -0.4 is 5.32 Å². The average molecular weight is 255 g/mol. The molecule has 1 aliphatic rings. The number of phenolic OH excluding ortho intramolecular Hbond substituents is 1. The maximum atomic E-state index is 11.5. The third-order valence-electron chi connectivity index (χ3n) is 3.36. The lowest BCUT2D eigenvalue weighted by Gasteiger charge is -2.26. The first-order valence-electron chi connectivity index (χ1n) is 5.61. The summed E-state index contributed by atoms with van der Waals surface area (Å²) in [6, 6.07) is 4.46. The van der Waals surface area contributed by atoms with Crippen molar-refractivity contribution in [2.24, 2.45) is 0 Å². The van der Waals surface area contributed by atoms with Gasteiger partial charge in [-0.2, -0.15) is 0 Å². The average Bonchev–Trinajstić information content (AvgIpc) is 2.65. The standard InChI is InChI=1S/C12H17NO3S/c1-12(6-3-7-13-12)10-8-9(17(2,15)16)4-5-11(10)14/h4-5,8,13-14H,3,6-7H2,1-2H3. The highest BCUT2D eigenvalue weighted by Crippen LogP contribution is 2.36. The Morgan fingerprint density at radius 2 is 2.12 bits per heavy atom. The summed E-state index contributed by atoms with van der Waals surface area (Å²) in [5.74, 6) is 0.148. The minimum atomic E-state index is -3.24. The van der Waals surface area contributed by atoms with Crippen LogP contribution in [-0.2, 0) is 15.4 Å². The molecule has 0 spiro atoms. The van der Waals surface area contributed by atoms with Gasteiger partial charge >= 0.3 is 0 Å². The first-order valence-corrected chi connectivity index (χ1v) is 7.51. The van der Waals surface area contributed by atoms with Crippen molar-refractivity contribution in [1.29, 1.82) is 0 Å². The fourth-order valence-electron chi connectivity index (χ4n) is 2.31. The van der Waals surface area contributed by atoms with Gasteiger partial charge in [-0.3, -0.25) is 0 Å². The molecule has 1 fully saturated rings. The van der Waals surface area contributed by atoms with Crippen LogP contribution in [0.3, 0.4) is 0 Å². The van der Waals surface area contributed by atoms with Crippen molar-refractivity contribution in [3.63, 3.8) is 0 Å². The summed E-state index contributed by atoms with van der Waals surface area (Å²) in [7, 11) is -3.24. The van der Waals surface area contributed by atoms with Crippen LogP contribution in [-0.4, -0.2) is 26.3 Å². The monoisotopic (exact) mass is 255 g/mol. The van der Waals surface area contributed by atoms with Gasteiger partial charge in [-0.1, -0.05) is 0 Å². The van der Waals surface area contributed by atoms with Crippen molar-refractivity contribution >= 4 is 9.84 Å². The number of benzene rings is 1. The molecule has 1 saturated heterocycles. The van der Waals surface area contributed by atoms with E-state index in [-0.39, 0.29) is 16.2 Å². The van der Waals surface area contributed by atoms with Gasteiger partial charge in [-0.05, 0) is 44.5 Å². The van der Waals surface area contributed by atoms with Gasteiger partial charge in [0.25, 0.3) is 0 Å². The Kier molecular flexibility index (Phi) is 2.91. The Bertz CT molecular complexity index is 531. The molecular weight excluding hydrogens is 238 g/mol. The van der Waals surface area contributed by atoms with Crippen LogP contribution in [0.4, 0.5) is 0 Å². The number of rotatable bonds is 2. The lowest BCUT2D eigenvalue weighted by atomic mass is 9.90. The van der Waals surface area contributed by atoms with Crippen LogP contribution in [0.15, 0.2) is 23.1 Å². The second-order valence-corrected chi connectivity index (χ2v) is 6.83. The molecule has 1 aromatic carbocycles. The van der Waals surface area contributed by atoms with Crippen molar-refractivity contribution in [1.82, 2.24) is 5.32 Å². The lowest BCUT2D eigenvalue weighted by molar-refractivity contribution is 0.393. The second-order valence-electron chi connectivity index (χ2n) is 4.81. The zero-order chi connectivity index (χ0) is 12.7. The summed E-state index contributed by atoms with van der Waals surface area (Å²) in [5, 5.41) is 13.2. The fourth-order valence-corrected chi connectivity index (χ4v) is 2.96. The van der Waals surface area contributed by atoms with Crippen LogP contribution in [0.2, 0.25) is 0 Å². The van der Waals surface area contributed by atoms with E-state index in [4.69, 9.17) is 0 Å². The van der Waals surface area contributed by atoms with Gasteiger partial charge in [0.2, 0.25) is 0 Å². The maximum absolute atomic E-state index is 11.5. The van der Waals surface area contributed by atoms with E-state index in [1.165, 1.54) is 18.4 Å². The zero-order valence-corrected chi connectivity index (χ0v) is 10.8. The fraction of sp³-hybridized carbons (Fsp3) is 0.500. The molecule has 1 aliphatic heterocycles. The third-order valence-corrected chi connectivity index (χ3v) is 4.47. The number of hydrogen-bond acceptors (Lipinski definition) is 4. The number of phenols is 1. The second kappa shape index (κ2) is 3.99. The van der Waals surface area contributed by atoms with Gasteiger partial charge in [0.05, 0.1) is 4.90 Å². The number of nitrogens with one attached hydrogen (secondary N) is 1. The Hall–Kier alpha value is -1.07. The Labute approximate surface area is 102 Å². The summed E-state index contributed by atoms with van der Waals surface area (Å²) < 4.78 is 23.0. The van der Waals surface area contributed by atoms with E-state index in [0.29, 0.717) is 5.56 Å². The Morgan fingerprint density at radius 1 is 1.41 bits per heavy atom. The van der Waals surface area contributed by atoms with Gasteiger partial charge in [0.15, 0.2) is 9.84 Å². The molecule has 1 heterocycles. The number of hydrogen-bond donors (Lipinski definition) is 2. The normalized spacial score (nSPS) is 25.1. The van der Waals surface area contributed by atoms with E-state index in [1.54, 1.807) is 6.07 Å². The molecular formula is C12H17NO3S. The highest BCUT2D eigenvalue weighted by Gasteiger charge is 2.33. The Balaban J connectivity index is 2.54. The predicted octanol–water partition coefficient (Wildman–Crippen LogP) is 1.39. The molecule has 1 unspecified atom stereocenters. The molecule has 5 heteroatoms. The molecule has 4 nitrogen and oxygen atoms in total. The van der Waals surface area contributed by atoms with Crippen molar-refractivity contribution < 1.29 is 13.5 Å². The van der Waals surface area contributed by atoms with Crippen molar-refractivity contribution in [3.05, 3.63) is 23.8 Å². The first kappa shape index (κ1) is 12.4. The van der Waals surface area contributed by atoms with Crippen LogP contribution in [0.1, 0.15) is 25.3 Å². The molecule has 2 rings (SSSR count). The predicted molar refractivity (Wildman–Crippen MR) is 65.8 cm³/mol. The minimum Gasteiger partial charge on any atom is -0.508 e. The van der Waals surface area contributed by atoms with E-state index < -0.39 is 9.84 Å². The van der Waals surface area contributed by atoms with Crippen molar-refractivity contribution in [3.8, 4) is 5.75 Å². The van der Waals surface area contributed by atoms with Crippen molar-refractivity contribution in [2.75, 3.05) is 12.8 Å². The highest BCUT2D eigenvalue weighted by atomic mass is 32.2. The molecule has 0 amide bonds. The molecule has 17 heavy (non-hydrogen) atoms. The van der Waals surface area contributed by atoms with Crippen molar-refractivity contribution in [2.45, 2.75) is 30.2 Å². The largest absolute Gasteiger partial charge is 0.508 e. The van der Waals surface area contributed by atoms with E-state index in [0.717, 1.165) is 19.4 Å². The molecule has 0 radical (unpaired) electrons. The maximum Gasteiger partial charge on any atom is 0.175 e. The number of sulfone groups is 1. The summed E-state index contributed by atoms with van der Waals surface area (Å²) in [5.41, 5.74) is 0.336. The summed E-state index contributed by atoms with van der Waals surface area (Å²) >= 11 is 0. The smallest absolute Gasteiger partial charge is 0.175 e. The summed E-state index contributed by atoms with van der Waals surface area (Å²) in [4.78, 5) is 0.250. The van der Waals surface area contributed by atoms with Crippen LogP contribution in [0.25, 0.3) is 0 Å². The molecule has 0 bridgehead atoms. The lowest BCUT2D eigenvalue weighted by Crippen LogP contribution is -2.33. The van der Waals surface area contributed by atoms with Crippen LogP contribution in [0, 0.1) is 0 Å². The van der Waals surface area contributed by atoms with E-state index in [2.05, 4.69) is 5.32 Å².